The quantitative estimate of drug-likeness (QED) is 0.587. The van der Waals surface area contributed by atoms with Gasteiger partial charge in [0.2, 0.25) is 5.91 Å². The Morgan fingerprint density at radius 1 is 1.40 bits per heavy atom. The lowest BCUT2D eigenvalue weighted by atomic mass is 10.0. The second kappa shape index (κ2) is 9.33. The van der Waals surface area contributed by atoms with Crippen LogP contribution in [-0.4, -0.2) is 45.9 Å². The Bertz CT molecular complexity index is 653. The fraction of sp³-hybridized carbons (Fsp3) is 0.500. The van der Waals surface area contributed by atoms with E-state index < -0.39 is 16.9 Å². The Hall–Kier alpha value is -2.19. The zero-order chi connectivity index (χ0) is 17.7. The number of rotatable bonds is 6. The number of piperidine rings is 1. The molecule has 1 saturated heterocycles. The van der Waals surface area contributed by atoms with Crippen molar-refractivity contribution in [3.8, 4) is 0 Å². The molecule has 1 aliphatic heterocycles. The standard InChI is InChI=1S/C16H21N3O5.ClH/c1-11-12(5-4-7-13(11)19(23)24)17-15(20)8-10-18-9-3-2-6-14(18)16(21)22;/h4-5,7,14H,2-3,6,8-10H2,1H3,(H,17,20)(H,21,22);1H. The van der Waals surface area contributed by atoms with Crippen molar-refractivity contribution in [1.29, 1.82) is 0 Å². The highest BCUT2D eigenvalue weighted by Gasteiger charge is 2.28. The van der Waals surface area contributed by atoms with E-state index in [9.17, 15) is 24.8 Å². The highest BCUT2D eigenvalue weighted by Crippen LogP contribution is 2.25. The predicted molar refractivity (Wildman–Crippen MR) is 95.2 cm³/mol. The number of amides is 1. The van der Waals surface area contributed by atoms with Crippen LogP contribution in [0.15, 0.2) is 18.2 Å². The minimum Gasteiger partial charge on any atom is -0.480 e. The van der Waals surface area contributed by atoms with Crippen molar-refractivity contribution >= 4 is 35.7 Å². The second-order valence-electron chi connectivity index (χ2n) is 5.89. The molecule has 0 radical (unpaired) electrons. The molecule has 25 heavy (non-hydrogen) atoms. The van der Waals surface area contributed by atoms with Gasteiger partial charge in [-0.3, -0.25) is 24.6 Å². The maximum atomic E-state index is 12.1. The van der Waals surface area contributed by atoms with E-state index >= 15 is 0 Å². The maximum absolute atomic E-state index is 12.1. The average molecular weight is 372 g/mol. The number of nitrogens with zero attached hydrogens (tertiary/aromatic N) is 2. The molecule has 2 rings (SSSR count). The van der Waals surface area contributed by atoms with E-state index in [4.69, 9.17) is 0 Å². The van der Waals surface area contributed by atoms with Crippen LogP contribution in [0.4, 0.5) is 11.4 Å². The van der Waals surface area contributed by atoms with Crippen molar-refractivity contribution in [3.05, 3.63) is 33.9 Å². The molecule has 1 unspecified atom stereocenters. The van der Waals surface area contributed by atoms with E-state index in [1.807, 2.05) is 4.90 Å². The molecule has 0 saturated carbocycles. The van der Waals surface area contributed by atoms with Gasteiger partial charge in [0.1, 0.15) is 6.04 Å². The van der Waals surface area contributed by atoms with Crippen molar-refractivity contribution in [3.63, 3.8) is 0 Å². The van der Waals surface area contributed by atoms with Crippen LogP contribution in [0.3, 0.4) is 0 Å². The average Bonchev–Trinajstić information content (AvgIpc) is 2.54. The summed E-state index contributed by atoms with van der Waals surface area (Å²) in [4.78, 5) is 35.6. The van der Waals surface area contributed by atoms with Gasteiger partial charge in [0.25, 0.3) is 5.69 Å². The molecule has 1 aromatic carbocycles. The summed E-state index contributed by atoms with van der Waals surface area (Å²) < 4.78 is 0. The molecule has 1 atom stereocenters. The molecule has 138 valence electrons. The molecule has 1 aliphatic rings. The molecule has 0 aliphatic carbocycles. The fourth-order valence-corrected chi connectivity index (χ4v) is 2.95. The van der Waals surface area contributed by atoms with E-state index in [1.54, 1.807) is 13.0 Å². The summed E-state index contributed by atoms with van der Waals surface area (Å²) in [6.07, 6.45) is 2.55. The lowest BCUT2D eigenvalue weighted by Crippen LogP contribution is -2.45. The van der Waals surface area contributed by atoms with Crippen molar-refractivity contribution < 1.29 is 19.6 Å². The number of halogens is 1. The van der Waals surface area contributed by atoms with Gasteiger partial charge in [-0.1, -0.05) is 12.5 Å². The van der Waals surface area contributed by atoms with Crippen LogP contribution in [0.5, 0.6) is 0 Å². The van der Waals surface area contributed by atoms with E-state index in [0.29, 0.717) is 30.8 Å². The van der Waals surface area contributed by atoms with Crippen LogP contribution in [0.1, 0.15) is 31.2 Å². The van der Waals surface area contributed by atoms with Crippen LogP contribution in [0, 0.1) is 17.0 Å². The molecule has 1 heterocycles. The van der Waals surface area contributed by atoms with Gasteiger partial charge in [0.05, 0.1) is 16.2 Å². The number of carboxylic acid groups (broad SMARTS) is 1. The molecular formula is C16H22ClN3O5. The number of carbonyl (C=O) groups excluding carboxylic acids is 1. The van der Waals surface area contributed by atoms with Gasteiger partial charge in [0, 0.05) is 19.0 Å². The number of nitro groups is 1. The monoisotopic (exact) mass is 371 g/mol. The summed E-state index contributed by atoms with van der Waals surface area (Å²) in [7, 11) is 0. The third kappa shape index (κ3) is 5.40. The molecule has 8 nitrogen and oxygen atoms in total. The zero-order valence-corrected chi connectivity index (χ0v) is 14.8. The van der Waals surface area contributed by atoms with Gasteiger partial charge in [-0.05, 0) is 32.4 Å². The minimum absolute atomic E-state index is 0. The van der Waals surface area contributed by atoms with Crippen molar-refractivity contribution in [2.45, 2.75) is 38.6 Å². The number of hydrogen-bond acceptors (Lipinski definition) is 5. The first-order chi connectivity index (χ1) is 11.4. The number of carboxylic acids is 1. The largest absolute Gasteiger partial charge is 0.480 e. The molecule has 1 aromatic rings. The lowest BCUT2D eigenvalue weighted by molar-refractivity contribution is -0.385. The first kappa shape index (κ1) is 20.9. The number of benzene rings is 1. The van der Waals surface area contributed by atoms with Gasteiger partial charge >= 0.3 is 5.97 Å². The molecule has 9 heteroatoms. The second-order valence-corrected chi connectivity index (χ2v) is 5.89. The number of aliphatic carboxylic acids is 1. The topological polar surface area (TPSA) is 113 Å². The van der Waals surface area contributed by atoms with E-state index in [0.717, 1.165) is 12.8 Å². The van der Waals surface area contributed by atoms with Gasteiger partial charge in [-0.25, -0.2) is 0 Å². The first-order valence-corrected chi connectivity index (χ1v) is 7.91. The summed E-state index contributed by atoms with van der Waals surface area (Å²) in [6.45, 7) is 2.61. The van der Waals surface area contributed by atoms with Crippen LogP contribution >= 0.6 is 12.4 Å². The molecule has 0 aromatic heterocycles. The fourth-order valence-electron chi connectivity index (χ4n) is 2.95. The maximum Gasteiger partial charge on any atom is 0.320 e. The first-order valence-electron chi connectivity index (χ1n) is 7.91. The minimum atomic E-state index is -0.857. The molecule has 0 spiro atoms. The SMILES string of the molecule is Cc1c(NC(=O)CCN2CCCCC2C(=O)O)cccc1[N+](=O)[O-].Cl. The number of likely N-dealkylation sites (tertiary alicyclic amines) is 1. The normalized spacial score (nSPS) is 17.4. The number of nitro benzene ring substituents is 1. The van der Waals surface area contributed by atoms with Crippen molar-refractivity contribution in [2.24, 2.45) is 0 Å². The highest BCUT2D eigenvalue weighted by atomic mass is 35.5. The summed E-state index contributed by atoms with van der Waals surface area (Å²) in [5.74, 6) is -1.14. The Labute approximate surface area is 151 Å². The molecule has 0 bridgehead atoms. The number of nitrogens with one attached hydrogen (secondary N) is 1. The Kier molecular flexibility index (Phi) is 7.79. The Morgan fingerprint density at radius 3 is 2.76 bits per heavy atom. The molecule has 2 N–H and O–H groups in total. The third-order valence-electron chi connectivity index (χ3n) is 4.30. The molecule has 1 amide bonds. The summed E-state index contributed by atoms with van der Waals surface area (Å²) in [5.41, 5.74) is 0.759. The lowest BCUT2D eigenvalue weighted by Gasteiger charge is -2.32. The van der Waals surface area contributed by atoms with Crippen LogP contribution in [0.25, 0.3) is 0 Å². The third-order valence-corrected chi connectivity index (χ3v) is 4.30. The smallest absolute Gasteiger partial charge is 0.320 e. The van der Waals surface area contributed by atoms with E-state index in [1.165, 1.54) is 12.1 Å². The van der Waals surface area contributed by atoms with E-state index in [2.05, 4.69) is 5.32 Å². The van der Waals surface area contributed by atoms with Crippen molar-refractivity contribution in [1.82, 2.24) is 4.90 Å². The highest BCUT2D eigenvalue weighted by molar-refractivity contribution is 5.92. The van der Waals surface area contributed by atoms with Crippen LogP contribution in [-0.2, 0) is 9.59 Å². The summed E-state index contributed by atoms with van der Waals surface area (Å²) >= 11 is 0. The molecular weight excluding hydrogens is 350 g/mol. The van der Waals surface area contributed by atoms with E-state index in [-0.39, 0.29) is 30.4 Å². The van der Waals surface area contributed by atoms with Gasteiger partial charge in [-0.15, -0.1) is 12.4 Å². The van der Waals surface area contributed by atoms with Gasteiger partial charge < -0.3 is 10.4 Å². The molecule has 1 fully saturated rings. The number of carbonyl (C=O) groups is 2. The van der Waals surface area contributed by atoms with Crippen molar-refractivity contribution in [2.75, 3.05) is 18.4 Å². The summed E-state index contributed by atoms with van der Waals surface area (Å²) in [6, 6.07) is 3.98. The van der Waals surface area contributed by atoms with Crippen LogP contribution in [0.2, 0.25) is 0 Å². The van der Waals surface area contributed by atoms with Gasteiger partial charge in [-0.2, -0.15) is 0 Å². The summed E-state index contributed by atoms with van der Waals surface area (Å²) in [5, 5.41) is 22.8. The van der Waals surface area contributed by atoms with Crippen LogP contribution < -0.4 is 5.32 Å². The Balaban J connectivity index is 0.00000312. The number of anilines is 1. The predicted octanol–water partition coefficient (Wildman–Crippen LogP) is 2.59. The zero-order valence-electron chi connectivity index (χ0n) is 13.9. The Morgan fingerprint density at radius 2 is 2.12 bits per heavy atom. The number of hydrogen-bond donors (Lipinski definition) is 2. The van der Waals surface area contributed by atoms with Gasteiger partial charge in [0.15, 0.2) is 0 Å².